The number of hydrogen-bond donors (Lipinski definition) is 1. The van der Waals surface area contributed by atoms with Crippen LogP contribution in [0.3, 0.4) is 0 Å². The normalized spacial score (nSPS) is 28.4. The summed E-state index contributed by atoms with van der Waals surface area (Å²) in [5.41, 5.74) is 6.02. The highest BCUT2D eigenvalue weighted by Crippen LogP contribution is 2.41. The van der Waals surface area contributed by atoms with Gasteiger partial charge in [-0.1, -0.05) is 33.6 Å². The van der Waals surface area contributed by atoms with E-state index in [2.05, 4.69) is 30.6 Å². The van der Waals surface area contributed by atoms with E-state index < -0.39 is 0 Å². The first-order valence-electron chi connectivity index (χ1n) is 8.72. The highest BCUT2D eigenvalue weighted by Gasteiger charge is 2.39. The molecule has 1 aliphatic carbocycles. The minimum absolute atomic E-state index is 0.176. The van der Waals surface area contributed by atoms with Crippen LogP contribution in [0.2, 0.25) is 0 Å². The van der Waals surface area contributed by atoms with Crippen LogP contribution in [0.25, 0.3) is 0 Å². The van der Waals surface area contributed by atoms with E-state index in [0.29, 0.717) is 11.9 Å². The van der Waals surface area contributed by atoms with E-state index in [1.165, 1.54) is 19.3 Å². The number of amides is 1. The van der Waals surface area contributed by atoms with Gasteiger partial charge in [0.05, 0.1) is 0 Å². The molecule has 1 aliphatic heterocycles. The van der Waals surface area contributed by atoms with Crippen molar-refractivity contribution in [3.8, 4) is 0 Å². The van der Waals surface area contributed by atoms with Crippen molar-refractivity contribution in [3.63, 3.8) is 0 Å². The van der Waals surface area contributed by atoms with Gasteiger partial charge in [-0.15, -0.1) is 0 Å². The molecule has 4 heteroatoms. The van der Waals surface area contributed by atoms with Gasteiger partial charge in [-0.2, -0.15) is 0 Å². The van der Waals surface area contributed by atoms with Crippen LogP contribution in [0.5, 0.6) is 0 Å². The maximum atomic E-state index is 12.9. The fourth-order valence-corrected chi connectivity index (χ4v) is 4.05. The molecular weight excluding hydrogens is 262 g/mol. The molecule has 0 spiro atoms. The molecule has 2 rings (SSSR count). The zero-order valence-electron chi connectivity index (χ0n) is 14.1. The highest BCUT2D eigenvalue weighted by molar-refractivity contribution is 5.79. The molecular formula is C17H33N3O. The first-order valence-corrected chi connectivity index (χ1v) is 8.72. The third-order valence-electron chi connectivity index (χ3n) is 5.69. The summed E-state index contributed by atoms with van der Waals surface area (Å²) in [6.45, 7) is 11.2. The minimum atomic E-state index is 0.176. The van der Waals surface area contributed by atoms with Crippen molar-refractivity contribution in [2.75, 3.05) is 32.7 Å². The Hall–Kier alpha value is -0.610. The van der Waals surface area contributed by atoms with Crippen LogP contribution in [0.4, 0.5) is 0 Å². The van der Waals surface area contributed by atoms with Crippen LogP contribution in [-0.4, -0.2) is 54.5 Å². The van der Waals surface area contributed by atoms with Gasteiger partial charge >= 0.3 is 0 Å². The molecule has 1 saturated carbocycles. The molecule has 4 nitrogen and oxygen atoms in total. The van der Waals surface area contributed by atoms with Gasteiger partial charge in [-0.3, -0.25) is 9.69 Å². The summed E-state index contributed by atoms with van der Waals surface area (Å²) in [6, 6.07) is 0.480. The Balaban J connectivity index is 1.91. The van der Waals surface area contributed by atoms with Crippen molar-refractivity contribution in [1.82, 2.24) is 9.80 Å². The second-order valence-electron chi connectivity index (χ2n) is 7.45. The molecule has 122 valence electrons. The largest absolute Gasteiger partial charge is 0.340 e. The Labute approximate surface area is 130 Å². The number of carbonyl (C=O) groups excluding carboxylic acids is 1. The van der Waals surface area contributed by atoms with Crippen molar-refractivity contribution in [3.05, 3.63) is 0 Å². The summed E-state index contributed by atoms with van der Waals surface area (Å²) in [6.07, 6.45) is 5.85. The average molecular weight is 295 g/mol. The summed E-state index contributed by atoms with van der Waals surface area (Å²) in [7, 11) is 0. The van der Waals surface area contributed by atoms with E-state index in [0.717, 1.165) is 45.6 Å². The van der Waals surface area contributed by atoms with Crippen molar-refractivity contribution in [2.45, 2.75) is 58.9 Å². The third-order valence-corrected chi connectivity index (χ3v) is 5.69. The minimum Gasteiger partial charge on any atom is -0.340 e. The van der Waals surface area contributed by atoms with Gasteiger partial charge in [0, 0.05) is 44.7 Å². The van der Waals surface area contributed by atoms with Gasteiger partial charge in [0.2, 0.25) is 5.91 Å². The topological polar surface area (TPSA) is 49.6 Å². The molecule has 2 unspecified atom stereocenters. The monoisotopic (exact) mass is 295 g/mol. The number of nitrogens with zero attached hydrogens (tertiary/aromatic N) is 2. The van der Waals surface area contributed by atoms with Gasteiger partial charge in [-0.25, -0.2) is 0 Å². The van der Waals surface area contributed by atoms with E-state index >= 15 is 0 Å². The molecule has 2 aliphatic rings. The molecule has 0 aromatic heterocycles. The quantitative estimate of drug-likeness (QED) is 0.864. The van der Waals surface area contributed by atoms with E-state index in [9.17, 15) is 4.79 Å². The maximum absolute atomic E-state index is 12.9. The number of rotatable bonds is 4. The van der Waals surface area contributed by atoms with Crippen LogP contribution in [0.15, 0.2) is 0 Å². The Morgan fingerprint density at radius 1 is 1.24 bits per heavy atom. The molecule has 21 heavy (non-hydrogen) atoms. The molecule has 1 saturated heterocycles. The van der Waals surface area contributed by atoms with Crippen LogP contribution >= 0.6 is 0 Å². The zero-order valence-corrected chi connectivity index (χ0v) is 14.1. The zero-order chi connectivity index (χ0) is 15.5. The smallest absolute Gasteiger partial charge is 0.226 e. The standard InChI is InChI=1S/C17H33N3O/c1-4-14(13-18)19-9-11-20(12-10-19)16(21)15-7-5-6-8-17(15,2)3/h14-15H,4-13,18H2,1-3H3. The Morgan fingerprint density at radius 3 is 2.43 bits per heavy atom. The van der Waals surface area contributed by atoms with Crippen LogP contribution in [0.1, 0.15) is 52.9 Å². The predicted molar refractivity (Wildman–Crippen MR) is 87.0 cm³/mol. The summed E-state index contributed by atoms with van der Waals surface area (Å²) >= 11 is 0. The molecule has 0 radical (unpaired) electrons. The van der Waals surface area contributed by atoms with Crippen LogP contribution in [0, 0.1) is 11.3 Å². The number of piperazine rings is 1. The highest BCUT2D eigenvalue weighted by atomic mass is 16.2. The maximum Gasteiger partial charge on any atom is 0.226 e. The Bertz CT molecular complexity index is 344. The van der Waals surface area contributed by atoms with Gasteiger partial charge in [0.1, 0.15) is 0 Å². The lowest BCUT2D eigenvalue weighted by atomic mass is 9.68. The molecule has 1 amide bonds. The second kappa shape index (κ2) is 7.10. The Kier molecular flexibility index (Phi) is 5.67. The van der Waals surface area contributed by atoms with Gasteiger partial charge in [0.15, 0.2) is 0 Å². The molecule has 0 aromatic rings. The molecule has 2 atom stereocenters. The van der Waals surface area contributed by atoms with E-state index in [-0.39, 0.29) is 11.3 Å². The van der Waals surface area contributed by atoms with E-state index in [1.54, 1.807) is 0 Å². The molecule has 0 bridgehead atoms. The van der Waals surface area contributed by atoms with Crippen molar-refractivity contribution < 1.29 is 4.79 Å². The number of hydrogen-bond acceptors (Lipinski definition) is 3. The third kappa shape index (κ3) is 3.78. The Morgan fingerprint density at radius 2 is 1.90 bits per heavy atom. The fraction of sp³-hybridized carbons (Fsp3) is 0.941. The average Bonchev–Trinajstić information content (AvgIpc) is 2.48. The van der Waals surface area contributed by atoms with E-state index in [4.69, 9.17) is 5.73 Å². The number of nitrogens with two attached hydrogens (primary N) is 1. The van der Waals surface area contributed by atoms with Crippen molar-refractivity contribution in [2.24, 2.45) is 17.1 Å². The molecule has 2 fully saturated rings. The second-order valence-corrected chi connectivity index (χ2v) is 7.45. The van der Waals surface area contributed by atoms with Crippen molar-refractivity contribution >= 4 is 5.91 Å². The molecule has 1 heterocycles. The summed E-state index contributed by atoms with van der Waals surface area (Å²) in [5, 5.41) is 0. The summed E-state index contributed by atoms with van der Waals surface area (Å²) in [5.74, 6) is 0.634. The summed E-state index contributed by atoms with van der Waals surface area (Å²) < 4.78 is 0. The SMILES string of the molecule is CCC(CN)N1CCN(C(=O)C2CCCCC2(C)C)CC1. The van der Waals surface area contributed by atoms with Gasteiger partial charge in [-0.05, 0) is 24.7 Å². The predicted octanol–water partition coefficient (Wildman–Crippen LogP) is 2.08. The summed E-state index contributed by atoms with van der Waals surface area (Å²) in [4.78, 5) is 17.4. The van der Waals surface area contributed by atoms with E-state index in [1.807, 2.05) is 0 Å². The molecule has 2 N–H and O–H groups in total. The number of carbonyl (C=O) groups is 1. The van der Waals surface area contributed by atoms with Crippen molar-refractivity contribution in [1.29, 1.82) is 0 Å². The lowest BCUT2D eigenvalue weighted by molar-refractivity contribution is -0.143. The van der Waals surface area contributed by atoms with Crippen LogP contribution in [-0.2, 0) is 4.79 Å². The lowest BCUT2D eigenvalue weighted by Crippen LogP contribution is -2.55. The van der Waals surface area contributed by atoms with Gasteiger partial charge < -0.3 is 10.6 Å². The first kappa shape index (κ1) is 16.8. The van der Waals surface area contributed by atoms with Crippen LogP contribution < -0.4 is 5.73 Å². The lowest BCUT2D eigenvalue weighted by Gasteiger charge is -2.43. The fourth-order valence-electron chi connectivity index (χ4n) is 4.05. The molecule has 0 aromatic carbocycles. The first-order chi connectivity index (χ1) is 9.99. The van der Waals surface area contributed by atoms with Gasteiger partial charge in [0.25, 0.3) is 0 Å².